The lowest BCUT2D eigenvalue weighted by Gasteiger charge is -2.43. The van der Waals surface area contributed by atoms with E-state index in [4.69, 9.17) is 29.1 Å². The molecule has 2 rings (SSSR count). The Balaban J connectivity index is 2.15. The number of hydrogen-bond acceptors (Lipinski definition) is 12. The highest BCUT2D eigenvalue weighted by atomic mass is 31.2. The summed E-state index contributed by atoms with van der Waals surface area (Å²) in [6.07, 6.45) is -13.9. The third-order valence-corrected chi connectivity index (χ3v) is 4.78. The zero-order valence-corrected chi connectivity index (χ0v) is 14.6. The van der Waals surface area contributed by atoms with Crippen LogP contribution in [0, 0.1) is 0 Å². The summed E-state index contributed by atoms with van der Waals surface area (Å²) < 4.78 is 30.4. The lowest BCUT2D eigenvalue weighted by molar-refractivity contribution is -0.383. The Kier molecular flexibility index (Phi) is 7.33. The van der Waals surface area contributed by atoms with Crippen LogP contribution in [0.2, 0.25) is 0 Å². The number of aliphatic hydroxyl groups is 7. The van der Waals surface area contributed by atoms with Gasteiger partial charge in [0.25, 0.3) is 0 Å². The second kappa shape index (κ2) is 8.61. The molecule has 0 amide bonds. The fourth-order valence-electron chi connectivity index (χ4n) is 2.79. The molecule has 2 aliphatic heterocycles. The van der Waals surface area contributed by atoms with E-state index in [9.17, 15) is 35.2 Å². The minimum Gasteiger partial charge on any atom is -0.394 e. The van der Waals surface area contributed by atoms with Gasteiger partial charge in [-0.05, 0) is 0 Å². The first kappa shape index (κ1) is 23.0. The van der Waals surface area contributed by atoms with Crippen molar-refractivity contribution in [3.8, 4) is 0 Å². The predicted molar refractivity (Wildman–Crippen MR) is 79.6 cm³/mol. The standard InChI is InChI=1S/C12H23O14P/c13-1-4-6(15)8(17)9(18)11(24-4)26-12(3-14)10(19)7(16)5(25-12)2-23-27(20,21)22/h4-11,13-19H,1-3H2,(H2,20,21,22)/t4-,5-,6-,7-,8+,9-,10+,11?,12+/m1/s1. The normalized spacial score (nSPS) is 46.0. The minimum atomic E-state index is -4.92. The van der Waals surface area contributed by atoms with Crippen molar-refractivity contribution in [3.63, 3.8) is 0 Å². The lowest BCUT2D eigenvalue weighted by Crippen LogP contribution is -2.62. The van der Waals surface area contributed by atoms with Gasteiger partial charge in [-0.1, -0.05) is 0 Å². The van der Waals surface area contributed by atoms with Gasteiger partial charge in [0.1, 0.15) is 49.3 Å². The maximum atomic E-state index is 10.8. The summed E-state index contributed by atoms with van der Waals surface area (Å²) in [4.78, 5) is 17.4. The fourth-order valence-corrected chi connectivity index (χ4v) is 3.13. The number of hydrogen-bond donors (Lipinski definition) is 9. The van der Waals surface area contributed by atoms with Gasteiger partial charge in [0.05, 0.1) is 13.2 Å². The van der Waals surface area contributed by atoms with E-state index < -0.39 is 82.4 Å². The molecule has 0 bridgehead atoms. The van der Waals surface area contributed by atoms with Gasteiger partial charge in [-0.25, -0.2) is 4.57 Å². The molecule has 0 spiro atoms. The van der Waals surface area contributed by atoms with Crippen molar-refractivity contribution in [2.45, 2.75) is 54.8 Å². The summed E-state index contributed by atoms with van der Waals surface area (Å²) in [5.41, 5.74) is 0. The first-order valence-electron chi connectivity index (χ1n) is 7.79. The van der Waals surface area contributed by atoms with Crippen LogP contribution in [-0.4, -0.2) is 120 Å². The lowest BCUT2D eigenvalue weighted by atomic mass is 9.99. The number of phosphoric ester groups is 1. The van der Waals surface area contributed by atoms with Gasteiger partial charge in [-0.3, -0.25) is 4.52 Å². The van der Waals surface area contributed by atoms with E-state index in [0.29, 0.717) is 0 Å². The molecule has 27 heavy (non-hydrogen) atoms. The van der Waals surface area contributed by atoms with E-state index in [1.54, 1.807) is 0 Å². The van der Waals surface area contributed by atoms with Crippen LogP contribution in [0.4, 0.5) is 0 Å². The molecule has 0 aromatic rings. The molecule has 2 saturated heterocycles. The first-order valence-corrected chi connectivity index (χ1v) is 9.32. The van der Waals surface area contributed by atoms with Crippen LogP contribution < -0.4 is 0 Å². The monoisotopic (exact) mass is 422 g/mol. The number of phosphoric acid groups is 1. The SMILES string of the molecule is O=P(O)(O)OC[C@H]1O[C@@](CO)(OC2O[C@H](CO)[C@@H](O)[C@H](O)[C@H]2O)[C@@H](O)[C@@H]1O. The van der Waals surface area contributed by atoms with Crippen LogP contribution in [0.25, 0.3) is 0 Å². The second-order valence-corrected chi connectivity index (χ2v) is 7.40. The van der Waals surface area contributed by atoms with Crippen molar-refractivity contribution in [1.29, 1.82) is 0 Å². The van der Waals surface area contributed by atoms with Crippen molar-refractivity contribution in [2.24, 2.45) is 0 Å². The van der Waals surface area contributed by atoms with Crippen molar-refractivity contribution < 1.29 is 68.8 Å². The zero-order valence-electron chi connectivity index (χ0n) is 13.8. The topological polar surface area (TPSA) is 236 Å². The maximum Gasteiger partial charge on any atom is 0.469 e. The summed E-state index contributed by atoms with van der Waals surface area (Å²) in [6, 6.07) is 0. The highest BCUT2D eigenvalue weighted by Crippen LogP contribution is 2.40. The Bertz CT molecular complexity index is 540. The molecule has 14 nitrogen and oxygen atoms in total. The van der Waals surface area contributed by atoms with E-state index in [-0.39, 0.29) is 0 Å². The first-order chi connectivity index (χ1) is 12.5. The number of ether oxygens (including phenoxy) is 3. The van der Waals surface area contributed by atoms with Gasteiger partial charge in [0.15, 0.2) is 6.29 Å². The third-order valence-electron chi connectivity index (χ3n) is 4.30. The van der Waals surface area contributed by atoms with Crippen LogP contribution in [0.1, 0.15) is 0 Å². The van der Waals surface area contributed by atoms with Crippen molar-refractivity contribution >= 4 is 7.82 Å². The number of rotatable bonds is 7. The molecule has 9 atom stereocenters. The van der Waals surface area contributed by atoms with Gasteiger partial charge < -0.3 is 59.7 Å². The Labute approximate surface area is 152 Å². The average molecular weight is 422 g/mol. The number of aliphatic hydroxyl groups excluding tert-OH is 7. The molecule has 1 unspecified atom stereocenters. The molecular formula is C12H23O14P. The minimum absolute atomic E-state index is 0.762. The molecule has 0 aliphatic carbocycles. The molecule has 0 aromatic carbocycles. The highest BCUT2D eigenvalue weighted by molar-refractivity contribution is 7.46. The van der Waals surface area contributed by atoms with Crippen LogP contribution in [0.15, 0.2) is 0 Å². The summed E-state index contributed by atoms with van der Waals surface area (Å²) in [5, 5.41) is 68.3. The smallest absolute Gasteiger partial charge is 0.394 e. The van der Waals surface area contributed by atoms with E-state index in [0.717, 1.165) is 0 Å². The molecule has 2 fully saturated rings. The largest absolute Gasteiger partial charge is 0.469 e. The average Bonchev–Trinajstić information content (AvgIpc) is 2.85. The maximum absolute atomic E-state index is 10.8. The van der Waals surface area contributed by atoms with E-state index >= 15 is 0 Å². The van der Waals surface area contributed by atoms with Crippen LogP contribution >= 0.6 is 7.82 Å². The Morgan fingerprint density at radius 3 is 2.07 bits per heavy atom. The van der Waals surface area contributed by atoms with Gasteiger partial charge in [0, 0.05) is 0 Å². The van der Waals surface area contributed by atoms with Gasteiger partial charge in [-0.15, -0.1) is 0 Å². The molecule has 9 N–H and O–H groups in total. The van der Waals surface area contributed by atoms with Crippen molar-refractivity contribution in [2.75, 3.05) is 19.8 Å². The van der Waals surface area contributed by atoms with Crippen molar-refractivity contribution in [3.05, 3.63) is 0 Å². The Morgan fingerprint density at radius 2 is 1.56 bits per heavy atom. The third kappa shape index (κ3) is 4.83. The van der Waals surface area contributed by atoms with E-state index in [1.807, 2.05) is 0 Å². The van der Waals surface area contributed by atoms with Gasteiger partial charge in [0.2, 0.25) is 5.79 Å². The molecule has 2 aliphatic rings. The molecule has 0 radical (unpaired) electrons. The van der Waals surface area contributed by atoms with Crippen LogP contribution in [0.3, 0.4) is 0 Å². The molecule has 2 heterocycles. The van der Waals surface area contributed by atoms with Crippen LogP contribution in [-0.2, 0) is 23.3 Å². The molecule has 15 heteroatoms. The summed E-state index contributed by atoms with van der Waals surface area (Å²) in [5.74, 6) is -2.42. The molecule has 0 saturated carbocycles. The Morgan fingerprint density at radius 1 is 0.926 bits per heavy atom. The second-order valence-electron chi connectivity index (χ2n) is 6.16. The van der Waals surface area contributed by atoms with Crippen LogP contribution in [0.5, 0.6) is 0 Å². The van der Waals surface area contributed by atoms with E-state index in [2.05, 4.69) is 4.52 Å². The summed E-state index contributed by atoms with van der Waals surface area (Å²) in [7, 11) is -4.92. The zero-order chi connectivity index (χ0) is 20.6. The molecular weight excluding hydrogens is 399 g/mol. The van der Waals surface area contributed by atoms with Crippen molar-refractivity contribution in [1.82, 2.24) is 0 Å². The molecule has 0 aromatic heterocycles. The predicted octanol–water partition coefficient (Wildman–Crippen LogP) is -5.28. The highest BCUT2D eigenvalue weighted by Gasteiger charge is 2.58. The fraction of sp³-hybridized carbons (Fsp3) is 1.00. The summed E-state index contributed by atoms with van der Waals surface area (Å²) in [6.45, 7) is -2.74. The van der Waals surface area contributed by atoms with E-state index in [1.165, 1.54) is 0 Å². The quantitative estimate of drug-likeness (QED) is 0.174. The van der Waals surface area contributed by atoms with Gasteiger partial charge >= 0.3 is 7.82 Å². The summed E-state index contributed by atoms with van der Waals surface area (Å²) >= 11 is 0. The van der Waals surface area contributed by atoms with Gasteiger partial charge in [-0.2, -0.15) is 0 Å². The Hall–Kier alpha value is -0.290. The molecule has 160 valence electrons.